The lowest BCUT2D eigenvalue weighted by Gasteiger charge is -2.36. The first-order valence-electron chi connectivity index (χ1n) is 14.5. The summed E-state index contributed by atoms with van der Waals surface area (Å²) in [6.45, 7) is 15.0. The minimum absolute atomic E-state index is 0.00843. The third kappa shape index (κ3) is 4.15. The molecule has 0 amide bonds. The van der Waals surface area contributed by atoms with E-state index in [2.05, 4.69) is 100 Å². The number of nitrogens with zero attached hydrogens (tertiary/aromatic N) is 1. The van der Waals surface area contributed by atoms with Crippen molar-refractivity contribution in [1.82, 2.24) is 0 Å². The summed E-state index contributed by atoms with van der Waals surface area (Å²) < 4.78 is 13.1. The van der Waals surface area contributed by atoms with Crippen molar-refractivity contribution in [3.63, 3.8) is 0 Å². The highest BCUT2D eigenvalue weighted by Gasteiger charge is 2.46. The van der Waals surface area contributed by atoms with Gasteiger partial charge in [-0.15, -0.1) is 0 Å². The number of allylic oxidation sites excluding steroid dienone is 4. The molecule has 0 aromatic heterocycles. The van der Waals surface area contributed by atoms with Crippen molar-refractivity contribution in [1.29, 1.82) is 0 Å². The van der Waals surface area contributed by atoms with Crippen LogP contribution in [0.2, 0.25) is 0 Å². The molecule has 6 rings (SSSR count). The second-order valence-corrected chi connectivity index (χ2v) is 12.5. The number of ether oxygens (including phenoxy) is 2. The van der Waals surface area contributed by atoms with Gasteiger partial charge in [-0.25, -0.2) is 0 Å². The molecule has 0 radical (unpaired) electrons. The largest absolute Gasteiger partial charge is 0.493 e. The average Bonchev–Trinajstić information content (AvgIpc) is 3.34. The lowest BCUT2D eigenvalue weighted by Crippen LogP contribution is -2.33. The molecule has 1 aliphatic carbocycles. The number of hydrogen-bond acceptors (Lipinski definition) is 4. The topological polar surface area (TPSA) is 41.9 Å². The number of aryl methyl sites for hydroxylation is 1. The molecule has 4 nitrogen and oxygen atoms in total. The molecule has 5 atom stereocenters. The van der Waals surface area contributed by atoms with E-state index in [1.54, 1.807) is 0 Å². The highest BCUT2D eigenvalue weighted by atomic mass is 16.5. The van der Waals surface area contributed by atoms with Gasteiger partial charge in [-0.2, -0.15) is 0 Å². The van der Waals surface area contributed by atoms with Crippen molar-refractivity contribution in [3.05, 3.63) is 94.3 Å². The number of benzene rings is 2. The Morgan fingerprint density at radius 1 is 1.13 bits per heavy atom. The van der Waals surface area contributed by atoms with Crippen LogP contribution >= 0.6 is 0 Å². The maximum absolute atomic E-state index is 9.97. The van der Waals surface area contributed by atoms with Crippen molar-refractivity contribution in [3.8, 4) is 5.75 Å². The van der Waals surface area contributed by atoms with E-state index >= 15 is 0 Å². The van der Waals surface area contributed by atoms with Gasteiger partial charge in [-0.1, -0.05) is 56.4 Å². The first-order valence-corrected chi connectivity index (χ1v) is 14.5. The van der Waals surface area contributed by atoms with E-state index in [0.29, 0.717) is 12.3 Å². The lowest BCUT2D eigenvalue weighted by atomic mass is 9.75. The third-order valence-electron chi connectivity index (χ3n) is 8.73. The van der Waals surface area contributed by atoms with Gasteiger partial charge in [-0.05, 0) is 75.8 Å². The molecule has 39 heavy (non-hydrogen) atoms. The summed E-state index contributed by atoms with van der Waals surface area (Å²) in [4.78, 5) is 2.47. The van der Waals surface area contributed by atoms with Crippen LogP contribution in [-0.2, 0) is 10.2 Å². The van der Waals surface area contributed by atoms with Gasteiger partial charge in [0.05, 0.1) is 35.0 Å². The van der Waals surface area contributed by atoms with Crippen molar-refractivity contribution in [2.24, 2.45) is 5.92 Å². The molecule has 4 heteroatoms. The Morgan fingerprint density at radius 2 is 1.92 bits per heavy atom. The fourth-order valence-corrected chi connectivity index (χ4v) is 7.05. The van der Waals surface area contributed by atoms with Crippen LogP contribution in [-0.4, -0.2) is 23.4 Å². The first-order chi connectivity index (χ1) is 18.6. The summed E-state index contributed by atoms with van der Waals surface area (Å²) in [7, 11) is 0. The molecule has 3 aliphatic heterocycles. The van der Waals surface area contributed by atoms with Gasteiger partial charge in [0.2, 0.25) is 0 Å². The smallest absolute Gasteiger partial charge is 0.130 e. The molecule has 4 aliphatic rings. The molecular formula is C35H41NO3. The Balaban J connectivity index is 1.56. The maximum Gasteiger partial charge on any atom is 0.130 e. The van der Waals surface area contributed by atoms with Gasteiger partial charge in [0.1, 0.15) is 17.6 Å². The second-order valence-electron chi connectivity index (χ2n) is 12.5. The predicted octanol–water partition coefficient (Wildman–Crippen LogP) is 8.01. The highest BCUT2D eigenvalue weighted by Crippen LogP contribution is 2.57. The second kappa shape index (κ2) is 9.45. The first kappa shape index (κ1) is 26.0. The van der Waals surface area contributed by atoms with Crippen LogP contribution in [0.4, 0.5) is 5.69 Å². The number of aliphatic hydroxyl groups is 1. The van der Waals surface area contributed by atoms with Crippen LogP contribution in [0, 0.1) is 12.8 Å². The fourth-order valence-electron chi connectivity index (χ4n) is 7.05. The fraction of sp³-hybridized carbons (Fsp3) is 0.429. The van der Waals surface area contributed by atoms with Gasteiger partial charge in [0, 0.05) is 29.2 Å². The summed E-state index contributed by atoms with van der Waals surface area (Å²) in [5, 5.41) is 9.97. The van der Waals surface area contributed by atoms with E-state index in [0.717, 1.165) is 23.6 Å². The van der Waals surface area contributed by atoms with E-state index in [4.69, 9.17) is 9.47 Å². The molecule has 5 unspecified atom stereocenters. The van der Waals surface area contributed by atoms with Crippen molar-refractivity contribution >= 4 is 17.0 Å². The van der Waals surface area contributed by atoms with E-state index in [9.17, 15) is 5.11 Å². The molecule has 3 heterocycles. The molecule has 0 saturated heterocycles. The Bertz CT molecular complexity index is 1440. The maximum atomic E-state index is 9.97. The zero-order chi connectivity index (χ0) is 27.6. The van der Waals surface area contributed by atoms with Crippen molar-refractivity contribution in [2.75, 3.05) is 4.90 Å². The monoisotopic (exact) mass is 523 g/mol. The zero-order valence-corrected chi connectivity index (χ0v) is 24.3. The Morgan fingerprint density at radius 3 is 2.67 bits per heavy atom. The van der Waals surface area contributed by atoms with E-state index in [1.807, 2.05) is 13.8 Å². The molecule has 1 N–H and O–H groups in total. The quantitative estimate of drug-likeness (QED) is 0.390. The van der Waals surface area contributed by atoms with Crippen LogP contribution in [0.1, 0.15) is 88.2 Å². The van der Waals surface area contributed by atoms with Crippen LogP contribution in [0.25, 0.3) is 11.3 Å². The standard InChI is InChI=1S/C35H41NO3/c1-20(2)15-25-17-30-33-21(3)11-10-12-26(33)34(24(6)38-23(5)16-22(4)37)36(30)29-19-31-28(18-27(25)29)35(7)14-9-8-13-32(35)39-31/h8-14,17-20,22-23,30,32,37H,15-16H2,1-7H3/b34-24+. The van der Waals surface area contributed by atoms with E-state index in [1.165, 1.54) is 39.1 Å². The number of rotatable bonds is 6. The van der Waals surface area contributed by atoms with Gasteiger partial charge in [-0.3, -0.25) is 0 Å². The van der Waals surface area contributed by atoms with Crippen LogP contribution in [0.15, 0.2) is 66.5 Å². The highest BCUT2D eigenvalue weighted by molar-refractivity contribution is 5.97. The van der Waals surface area contributed by atoms with Gasteiger partial charge >= 0.3 is 0 Å². The third-order valence-corrected chi connectivity index (χ3v) is 8.73. The molecule has 0 bridgehead atoms. The zero-order valence-electron chi connectivity index (χ0n) is 24.3. The van der Waals surface area contributed by atoms with Gasteiger partial charge < -0.3 is 19.5 Å². The van der Waals surface area contributed by atoms with Crippen LogP contribution in [0.3, 0.4) is 0 Å². The minimum atomic E-state index is -0.409. The van der Waals surface area contributed by atoms with Crippen LogP contribution in [0.5, 0.6) is 5.75 Å². The van der Waals surface area contributed by atoms with Crippen LogP contribution < -0.4 is 9.64 Å². The Hall–Kier alpha value is -3.24. The summed E-state index contributed by atoms with van der Waals surface area (Å²) in [5.41, 5.74) is 9.94. The molecule has 0 fully saturated rings. The Labute approximate surface area is 233 Å². The van der Waals surface area contributed by atoms with Crippen molar-refractivity contribution < 1.29 is 14.6 Å². The van der Waals surface area contributed by atoms with Crippen molar-refractivity contribution in [2.45, 2.75) is 91.1 Å². The van der Waals surface area contributed by atoms with Gasteiger partial charge in [0.25, 0.3) is 0 Å². The number of aliphatic hydroxyl groups excluding tert-OH is 1. The summed E-state index contributed by atoms with van der Waals surface area (Å²) in [6, 6.07) is 11.4. The summed E-state index contributed by atoms with van der Waals surface area (Å²) in [6.07, 6.45) is 12.3. The average molecular weight is 524 g/mol. The number of anilines is 1. The molecule has 0 saturated carbocycles. The Kier molecular flexibility index (Phi) is 6.30. The SMILES string of the molecule is C/C(OC(C)CC(C)O)=C1/c2cccc(C)c2C2C=C(CC(C)C)c3cc4c(cc3N12)OC1C=CC=CC41C. The summed E-state index contributed by atoms with van der Waals surface area (Å²) in [5.74, 6) is 2.40. The van der Waals surface area contributed by atoms with E-state index < -0.39 is 6.10 Å². The number of fused-ring (bicyclic) bond motifs is 8. The molecule has 0 spiro atoms. The molecule has 2 aromatic carbocycles. The van der Waals surface area contributed by atoms with E-state index in [-0.39, 0.29) is 23.7 Å². The molecule has 2 aromatic rings. The lowest BCUT2D eigenvalue weighted by molar-refractivity contribution is 0.0735. The van der Waals surface area contributed by atoms with Gasteiger partial charge in [0.15, 0.2) is 0 Å². The summed E-state index contributed by atoms with van der Waals surface area (Å²) >= 11 is 0. The predicted molar refractivity (Wildman–Crippen MR) is 160 cm³/mol. The minimum Gasteiger partial charge on any atom is -0.493 e. The normalized spacial score (nSPS) is 26.7. The molecular weight excluding hydrogens is 482 g/mol. The number of hydrogen-bond donors (Lipinski definition) is 1. The molecule has 204 valence electrons.